The molecule has 134 valence electrons. The summed E-state index contributed by atoms with van der Waals surface area (Å²) in [6.07, 6.45) is -0.552. The molecule has 0 aliphatic carbocycles. The first-order valence-electron chi connectivity index (χ1n) is 7.87. The second-order valence-electron chi connectivity index (χ2n) is 5.58. The van der Waals surface area contributed by atoms with Gasteiger partial charge < -0.3 is 19.5 Å². The molecule has 25 heavy (non-hydrogen) atoms. The van der Waals surface area contributed by atoms with Crippen LogP contribution in [0.25, 0.3) is 0 Å². The zero-order valence-electron chi connectivity index (χ0n) is 13.6. The maximum atomic E-state index is 6.35. The van der Waals surface area contributed by atoms with Crippen LogP contribution in [0.3, 0.4) is 0 Å². The number of hydrogen-bond acceptors (Lipinski definition) is 4. The van der Waals surface area contributed by atoms with E-state index in [0.29, 0.717) is 34.7 Å². The topological polar surface area (TPSA) is 39.7 Å². The fourth-order valence-corrected chi connectivity index (χ4v) is 3.47. The van der Waals surface area contributed by atoms with Gasteiger partial charge in [-0.25, -0.2) is 0 Å². The van der Waals surface area contributed by atoms with Gasteiger partial charge in [-0.3, -0.25) is 0 Å². The number of morpholine rings is 1. The number of rotatable bonds is 5. The van der Waals surface area contributed by atoms with Gasteiger partial charge in [-0.1, -0.05) is 65.1 Å². The minimum absolute atomic E-state index is 0.175. The molecule has 1 aliphatic rings. The van der Waals surface area contributed by atoms with Gasteiger partial charge in [0.2, 0.25) is 0 Å². The third-order valence-corrected chi connectivity index (χ3v) is 5.01. The van der Waals surface area contributed by atoms with Gasteiger partial charge >= 0.3 is 0 Å². The van der Waals surface area contributed by atoms with E-state index >= 15 is 0 Å². The van der Waals surface area contributed by atoms with Crippen LogP contribution in [0.4, 0.5) is 0 Å². The SMILES string of the molecule is COc1c(Cl)c(Cl)cc(Cl)c1O[C@@H](c1ccccc1)C1CNCCO1. The van der Waals surface area contributed by atoms with Gasteiger partial charge in [-0.05, 0) is 11.6 Å². The van der Waals surface area contributed by atoms with Crippen LogP contribution in [0.5, 0.6) is 11.5 Å². The highest BCUT2D eigenvalue weighted by Gasteiger charge is 2.30. The van der Waals surface area contributed by atoms with Gasteiger partial charge in [-0.15, -0.1) is 0 Å². The smallest absolute Gasteiger partial charge is 0.182 e. The minimum atomic E-state index is -0.377. The lowest BCUT2D eigenvalue weighted by Gasteiger charge is -2.32. The maximum Gasteiger partial charge on any atom is 0.182 e. The lowest BCUT2D eigenvalue weighted by Crippen LogP contribution is -2.43. The standard InChI is InChI=1S/C18H18Cl3NO3/c1-23-18-15(21)12(19)9-13(20)17(18)25-16(11-5-3-2-4-6-11)14-10-22-7-8-24-14/h2-6,9,14,16,22H,7-8,10H2,1H3/t14?,16-/m0/s1. The number of ether oxygens (including phenoxy) is 3. The van der Waals surface area contributed by atoms with E-state index in [4.69, 9.17) is 49.0 Å². The fraction of sp³-hybridized carbons (Fsp3) is 0.333. The monoisotopic (exact) mass is 401 g/mol. The summed E-state index contributed by atoms with van der Waals surface area (Å²) in [5.41, 5.74) is 0.973. The van der Waals surface area contributed by atoms with Gasteiger partial charge in [0.25, 0.3) is 0 Å². The highest BCUT2D eigenvalue weighted by atomic mass is 35.5. The van der Waals surface area contributed by atoms with Gasteiger partial charge in [0.05, 0.1) is 23.8 Å². The molecule has 1 N–H and O–H groups in total. The van der Waals surface area contributed by atoms with Crippen molar-refractivity contribution < 1.29 is 14.2 Å². The highest BCUT2D eigenvalue weighted by molar-refractivity contribution is 6.44. The molecule has 1 saturated heterocycles. The van der Waals surface area contributed by atoms with E-state index in [1.807, 2.05) is 30.3 Å². The number of methoxy groups -OCH3 is 1. The van der Waals surface area contributed by atoms with Crippen LogP contribution in [-0.2, 0) is 4.74 Å². The second-order valence-corrected chi connectivity index (χ2v) is 6.77. The zero-order valence-corrected chi connectivity index (χ0v) is 15.9. The van der Waals surface area contributed by atoms with Crippen molar-refractivity contribution in [3.63, 3.8) is 0 Å². The summed E-state index contributed by atoms with van der Waals surface area (Å²) in [5, 5.41) is 4.22. The van der Waals surface area contributed by atoms with Crippen LogP contribution in [0, 0.1) is 0 Å². The molecule has 1 fully saturated rings. The number of hydrogen-bond donors (Lipinski definition) is 1. The Hall–Kier alpha value is -1.17. The van der Waals surface area contributed by atoms with Crippen LogP contribution < -0.4 is 14.8 Å². The molecule has 1 aliphatic heterocycles. The molecule has 1 unspecified atom stereocenters. The van der Waals surface area contributed by atoms with E-state index in [0.717, 1.165) is 12.1 Å². The Labute approximate surface area is 161 Å². The largest absolute Gasteiger partial charge is 0.491 e. The van der Waals surface area contributed by atoms with Crippen molar-refractivity contribution in [2.45, 2.75) is 12.2 Å². The summed E-state index contributed by atoms with van der Waals surface area (Å²) in [5.74, 6) is 0.658. The van der Waals surface area contributed by atoms with Crippen molar-refractivity contribution in [3.8, 4) is 11.5 Å². The Bertz CT molecular complexity index is 721. The molecule has 1 heterocycles. The van der Waals surface area contributed by atoms with Crippen molar-refractivity contribution in [1.29, 1.82) is 0 Å². The van der Waals surface area contributed by atoms with E-state index in [2.05, 4.69) is 5.32 Å². The Kier molecular flexibility index (Phi) is 6.31. The van der Waals surface area contributed by atoms with Crippen LogP contribution in [0.1, 0.15) is 11.7 Å². The van der Waals surface area contributed by atoms with Gasteiger partial charge in [-0.2, -0.15) is 0 Å². The average molecular weight is 403 g/mol. The van der Waals surface area contributed by atoms with Gasteiger partial charge in [0.15, 0.2) is 17.6 Å². The lowest BCUT2D eigenvalue weighted by molar-refractivity contribution is -0.0437. The number of halogens is 3. The van der Waals surface area contributed by atoms with Crippen molar-refractivity contribution >= 4 is 34.8 Å². The van der Waals surface area contributed by atoms with Crippen molar-refractivity contribution in [2.24, 2.45) is 0 Å². The van der Waals surface area contributed by atoms with Crippen LogP contribution in [0.2, 0.25) is 15.1 Å². The number of benzene rings is 2. The van der Waals surface area contributed by atoms with Crippen molar-refractivity contribution in [1.82, 2.24) is 5.32 Å². The molecule has 0 radical (unpaired) electrons. The van der Waals surface area contributed by atoms with Crippen LogP contribution >= 0.6 is 34.8 Å². The molecule has 0 amide bonds. The molecule has 3 rings (SSSR count). The molecule has 7 heteroatoms. The first kappa shape index (κ1) is 18.6. The molecular weight excluding hydrogens is 385 g/mol. The van der Waals surface area contributed by atoms with Gasteiger partial charge in [0.1, 0.15) is 11.1 Å². The molecule has 2 atom stereocenters. The molecular formula is C18H18Cl3NO3. The number of nitrogens with one attached hydrogen (secondary N) is 1. The van der Waals surface area contributed by atoms with Gasteiger partial charge in [0, 0.05) is 13.1 Å². The Balaban J connectivity index is 2.00. The van der Waals surface area contributed by atoms with E-state index in [1.54, 1.807) is 6.07 Å². The summed E-state index contributed by atoms with van der Waals surface area (Å²) < 4.78 is 17.5. The Morgan fingerprint density at radius 2 is 1.88 bits per heavy atom. The van der Waals surface area contributed by atoms with E-state index in [-0.39, 0.29) is 17.2 Å². The first-order chi connectivity index (χ1) is 12.1. The molecule has 0 saturated carbocycles. The summed E-state index contributed by atoms with van der Waals surface area (Å²) in [6.45, 7) is 2.10. The van der Waals surface area contributed by atoms with Crippen molar-refractivity contribution in [2.75, 3.05) is 26.8 Å². The molecule has 0 spiro atoms. The zero-order chi connectivity index (χ0) is 17.8. The third-order valence-electron chi connectivity index (χ3n) is 3.96. The lowest BCUT2D eigenvalue weighted by atomic mass is 10.0. The van der Waals surface area contributed by atoms with E-state index in [9.17, 15) is 0 Å². The average Bonchev–Trinajstić information content (AvgIpc) is 2.65. The molecule has 4 nitrogen and oxygen atoms in total. The molecule has 2 aromatic rings. The summed E-state index contributed by atoms with van der Waals surface area (Å²) >= 11 is 18.7. The maximum absolute atomic E-state index is 6.35. The van der Waals surface area contributed by atoms with Crippen molar-refractivity contribution in [3.05, 3.63) is 57.0 Å². The molecule has 0 aromatic heterocycles. The van der Waals surface area contributed by atoms with E-state index < -0.39 is 0 Å². The summed E-state index contributed by atoms with van der Waals surface area (Å²) in [7, 11) is 1.50. The Morgan fingerprint density at radius 3 is 2.52 bits per heavy atom. The minimum Gasteiger partial charge on any atom is -0.491 e. The second kappa shape index (κ2) is 8.47. The van der Waals surface area contributed by atoms with E-state index in [1.165, 1.54) is 7.11 Å². The fourth-order valence-electron chi connectivity index (χ4n) is 2.76. The quantitative estimate of drug-likeness (QED) is 0.732. The molecule has 2 aromatic carbocycles. The summed E-state index contributed by atoms with van der Waals surface area (Å²) in [6, 6.07) is 11.4. The highest BCUT2D eigenvalue weighted by Crippen LogP contribution is 2.46. The molecule has 0 bridgehead atoms. The van der Waals surface area contributed by atoms with Crippen LogP contribution in [0.15, 0.2) is 36.4 Å². The predicted molar refractivity (Wildman–Crippen MR) is 100 cm³/mol. The first-order valence-corrected chi connectivity index (χ1v) is 9.00. The van der Waals surface area contributed by atoms with Crippen LogP contribution in [-0.4, -0.2) is 32.9 Å². The third kappa shape index (κ3) is 4.15. The normalized spacial score (nSPS) is 18.6. The Morgan fingerprint density at radius 1 is 1.12 bits per heavy atom. The summed E-state index contributed by atoms with van der Waals surface area (Å²) in [4.78, 5) is 0. The predicted octanol–water partition coefficient (Wildman–Crippen LogP) is 4.76.